The predicted octanol–water partition coefficient (Wildman–Crippen LogP) is 1.61. The van der Waals surface area contributed by atoms with E-state index in [1.807, 2.05) is 0 Å². The highest BCUT2D eigenvalue weighted by molar-refractivity contribution is 7.08. The van der Waals surface area contributed by atoms with Crippen LogP contribution in [0, 0.1) is 12.3 Å². The van der Waals surface area contributed by atoms with Crippen LogP contribution in [0.4, 0.5) is 0 Å². The molecule has 19 heavy (non-hydrogen) atoms. The summed E-state index contributed by atoms with van der Waals surface area (Å²) < 4.78 is 3.72. The topological polar surface area (TPSA) is 92.2 Å². The van der Waals surface area contributed by atoms with Gasteiger partial charge in [0, 0.05) is 6.04 Å². The second-order valence-electron chi connectivity index (χ2n) is 5.18. The van der Waals surface area contributed by atoms with E-state index in [0.29, 0.717) is 23.4 Å². The molecule has 1 amide bonds. The molecule has 2 rings (SSSR count). The maximum Gasteiger partial charge on any atom is 0.311 e. The highest BCUT2D eigenvalue weighted by atomic mass is 32.1. The Hall–Kier alpha value is -1.50. The Morgan fingerprint density at radius 2 is 2.21 bits per heavy atom. The number of hydrogen-bond donors (Lipinski definition) is 2. The number of carbonyl (C=O) groups excluding carboxylic acids is 1. The smallest absolute Gasteiger partial charge is 0.311 e. The van der Waals surface area contributed by atoms with Crippen molar-refractivity contribution in [2.75, 3.05) is 0 Å². The van der Waals surface area contributed by atoms with Crippen LogP contribution in [-0.4, -0.2) is 32.6 Å². The van der Waals surface area contributed by atoms with Crippen molar-refractivity contribution in [2.45, 2.75) is 45.6 Å². The molecule has 104 valence electrons. The first-order valence-corrected chi connectivity index (χ1v) is 7.05. The van der Waals surface area contributed by atoms with Crippen molar-refractivity contribution in [1.82, 2.24) is 14.9 Å². The number of hydrogen-bond acceptors (Lipinski definition) is 5. The molecule has 7 heteroatoms. The Labute approximate surface area is 115 Å². The minimum atomic E-state index is -0.889. The van der Waals surface area contributed by atoms with Crippen LogP contribution >= 0.6 is 11.5 Å². The summed E-state index contributed by atoms with van der Waals surface area (Å²) in [6.07, 6.45) is 3.11. The van der Waals surface area contributed by atoms with Crippen LogP contribution in [-0.2, 0) is 4.79 Å². The van der Waals surface area contributed by atoms with Gasteiger partial charge in [0.05, 0.1) is 11.1 Å². The first kappa shape index (κ1) is 13.9. The third-order valence-electron chi connectivity index (χ3n) is 3.86. The number of carboxylic acid groups (broad SMARTS) is 1. The highest BCUT2D eigenvalue weighted by Crippen LogP contribution is 2.36. The maximum atomic E-state index is 12.1. The lowest BCUT2D eigenvalue weighted by Gasteiger charge is -2.38. The number of aliphatic carboxylic acids is 1. The number of nitrogens with one attached hydrogen (secondary N) is 1. The SMILES string of the molecule is Cc1nnsc1C(=O)NC1CCCCC1(C)C(=O)O. The summed E-state index contributed by atoms with van der Waals surface area (Å²) in [6.45, 7) is 3.42. The number of rotatable bonds is 3. The summed E-state index contributed by atoms with van der Waals surface area (Å²) >= 11 is 1.03. The van der Waals surface area contributed by atoms with Gasteiger partial charge in [-0.2, -0.15) is 0 Å². The molecule has 0 aliphatic heterocycles. The summed E-state index contributed by atoms with van der Waals surface area (Å²) in [5.74, 6) is -1.12. The molecule has 0 bridgehead atoms. The van der Waals surface area contributed by atoms with Crippen LogP contribution in [0.25, 0.3) is 0 Å². The Morgan fingerprint density at radius 1 is 1.47 bits per heavy atom. The standard InChI is InChI=1S/C12H17N3O3S/c1-7-9(19-15-14-7)10(16)13-8-5-3-4-6-12(8,2)11(17)18/h8H,3-6H2,1-2H3,(H,13,16)(H,17,18). The monoisotopic (exact) mass is 283 g/mol. The van der Waals surface area contributed by atoms with E-state index in [0.717, 1.165) is 24.4 Å². The number of carboxylic acids is 1. The number of aryl methyl sites for hydroxylation is 1. The van der Waals surface area contributed by atoms with E-state index in [4.69, 9.17) is 0 Å². The Bertz CT molecular complexity index is 502. The summed E-state index contributed by atoms with van der Waals surface area (Å²) in [4.78, 5) is 24.0. The van der Waals surface area contributed by atoms with Crippen LogP contribution < -0.4 is 5.32 Å². The molecule has 0 saturated heterocycles. The molecular formula is C12H17N3O3S. The van der Waals surface area contributed by atoms with E-state index in [1.165, 1.54) is 0 Å². The number of carbonyl (C=O) groups is 2. The molecule has 0 aromatic carbocycles. The fraction of sp³-hybridized carbons (Fsp3) is 0.667. The van der Waals surface area contributed by atoms with E-state index in [-0.39, 0.29) is 11.9 Å². The largest absolute Gasteiger partial charge is 0.481 e. The van der Waals surface area contributed by atoms with E-state index >= 15 is 0 Å². The lowest BCUT2D eigenvalue weighted by molar-refractivity contribution is -0.151. The molecule has 2 atom stereocenters. The summed E-state index contributed by atoms with van der Waals surface area (Å²) in [7, 11) is 0. The van der Waals surface area contributed by atoms with Gasteiger partial charge in [0.25, 0.3) is 5.91 Å². The first-order valence-electron chi connectivity index (χ1n) is 6.28. The molecule has 1 aromatic heterocycles. The predicted molar refractivity (Wildman–Crippen MR) is 70.1 cm³/mol. The van der Waals surface area contributed by atoms with Gasteiger partial charge in [-0.1, -0.05) is 17.3 Å². The lowest BCUT2D eigenvalue weighted by atomic mass is 9.71. The van der Waals surface area contributed by atoms with Gasteiger partial charge in [-0.3, -0.25) is 9.59 Å². The van der Waals surface area contributed by atoms with Crippen molar-refractivity contribution in [3.05, 3.63) is 10.6 Å². The molecule has 1 aromatic rings. The summed E-state index contributed by atoms with van der Waals surface area (Å²) in [6, 6.07) is -0.340. The van der Waals surface area contributed by atoms with Crippen molar-refractivity contribution in [2.24, 2.45) is 5.41 Å². The maximum absolute atomic E-state index is 12.1. The lowest BCUT2D eigenvalue weighted by Crippen LogP contribution is -2.52. The zero-order chi connectivity index (χ0) is 14.0. The van der Waals surface area contributed by atoms with Crippen LogP contribution in [0.3, 0.4) is 0 Å². The molecule has 2 unspecified atom stereocenters. The molecular weight excluding hydrogens is 266 g/mol. The molecule has 1 aliphatic rings. The second kappa shape index (κ2) is 5.24. The van der Waals surface area contributed by atoms with Gasteiger partial charge in [0.1, 0.15) is 4.88 Å². The quantitative estimate of drug-likeness (QED) is 0.879. The fourth-order valence-electron chi connectivity index (χ4n) is 2.48. The minimum absolute atomic E-state index is 0.271. The van der Waals surface area contributed by atoms with E-state index in [1.54, 1.807) is 13.8 Å². The van der Waals surface area contributed by atoms with Crippen molar-refractivity contribution in [3.63, 3.8) is 0 Å². The second-order valence-corrected chi connectivity index (χ2v) is 5.94. The number of nitrogens with zero attached hydrogens (tertiary/aromatic N) is 2. The average molecular weight is 283 g/mol. The van der Waals surface area contributed by atoms with Gasteiger partial charge in [0.15, 0.2) is 0 Å². The zero-order valence-corrected chi connectivity index (χ0v) is 11.8. The van der Waals surface area contributed by atoms with Gasteiger partial charge >= 0.3 is 5.97 Å². The van der Waals surface area contributed by atoms with E-state index < -0.39 is 11.4 Å². The molecule has 6 nitrogen and oxygen atoms in total. The molecule has 1 aliphatic carbocycles. The van der Waals surface area contributed by atoms with Gasteiger partial charge in [-0.05, 0) is 38.2 Å². The van der Waals surface area contributed by atoms with Gasteiger partial charge in [-0.25, -0.2) is 0 Å². The van der Waals surface area contributed by atoms with Crippen LogP contribution in [0.5, 0.6) is 0 Å². The zero-order valence-electron chi connectivity index (χ0n) is 11.0. The third kappa shape index (κ3) is 2.60. The van der Waals surface area contributed by atoms with E-state index in [2.05, 4.69) is 14.9 Å². The molecule has 1 fully saturated rings. The van der Waals surface area contributed by atoms with Crippen LogP contribution in [0.1, 0.15) is 48.0 Å². The fourth-order valence-corrected chi connectivity index (χ4v) is 3.04. The summed E-state index contributed by atoms with van der Waals surface area (Å²) in [5, 5.41) is 16.0. The van der Waals surface area contributed by atoms with Crippen molar-refractivity contribution in [1.29, 1.82) is 0 Å². The highest BCUT2D eigenvalue weighted by Gasteiger charge is 2.44. The Morgan fingerprint density at radius 3 is 2.79 bits per heavy atom. The summed E-state index contributed by atoms with van der Waals surface area (Å²) in [5.41, 5.74) is -0.310. The third-order valence-corrected chi connectivity index (χ3v) is 4.69. The Balaban J connectivity index is 2.15. The Kier molecular flexibility index (Phi) is 3.84. The number of aromatic nitrogens is 2. The molecule has 0 spiro atoms. The molecule has 2 N–H and O–H groups in total. The van der Waals surface area contributed by atoms with Crippen LogP contribution in [0.2, 0.25) is 0 Å². The molecule has 1 saturated carbocycles. The van der Waals surface area contributed by atoms with Gasteiger partial charge < -0.3 is 10.4 Å². The van der Waals surface area contributed by atoms with E-state index in [9.17, 15) is 14.7 Å². The minimum Gasteiger partial charge on any atom is -0.481 e. The first-order chi connectivity index (χ1) is 8.95. The van der Waals surface area contributed by atoms with Crippen molar-refractivity contribution in [3.8, 4) is 0 Å². The number of amides is 1. The average Bonchev–Trinajstić information content (AvgIpc) is 2.78. The molecule has 1 heterocycles. The van der Waals surface area contributed by atoms with Gasteiger partial charge in [0.2, 0.25) is 0 Å². The van der Waals surface area contributed by atoms with Crippen molar-refractivity contribution < 1.29 is 14.7 Å². The normalized spacial score (nSPS) is 26.9. The van der Waals surface area contributed by atoms with Crippen LogP contribution in [0.15, 0.2) is 0 Å². The van der Waals surface area contributed by atoms with Gasteiger partial charge in [-0.15, -0.1) is 5.10 Å². The molecule has 0 radical (unpaired) electrons. The van der Waals surface area contributed by atoms with Crippen molar-refractivity contribution >= 4 is 23.4 Å².